The number of rotatable bonds is 12. The molecular weight excluding hydrogens is 440 g/mol. The van der Waals surface area contributed by atoms with Gasteiger partial charge in [-0.1, -0.05) is 24.3 Å². The Morgan fingerprint density at radius 3 is 2.41 bits per heavy atom. The molecule has 0 saturated carbocycles. The van der Waals surface area contributed by atoms with Crippen molar-refractivity contribution in [1.29, 1.82) is 0 Å². The summed E-state index contributed by atoms with van der Waals surface area (Å²) in [4.78, 5) is 27.4. The Labute approximate surface area is 199 Å². The van der Waals surface area contributed by atoms with E-state index in [1.165, 1.54) is 11.1 Å². The maximum Gasteiger partial charge on any atom is 0.290 e. The van der Waals surface area contributed by atoms with Gasteiger partial charge in [-0.2, -0.15) is 0 Å². The lowest BCUT2D eigenvalue weighted by Gasteiger charge is -2.23. The zero-order valence-electron chi connectivity index (χ0n) is 19.3. The van der Waals surface area contributed by atoms with Crippen LogP contribution in [0, 0.1) is 0 Å². The number of methoxy groups -OCH3 is 1. The minimum absolute atomic E-state index is 0.250. The maximum atomic E-state index is 8.36. The Kier molecular flexibility index (Phi) is 15.6. The molecular formula is C24H32N4O6. The Balaban J connectivity index is 0.000000872. The summed E-state index contributed by atoms with van der Waals surface area (Å²) in [7, 11) is 1.74. The van der Waals surface area contributed by atoms with Gasteiger partial charge in [-0.3, -0.25) is 19.5 Å². The van der Waals surface area contributed by atoms with Crippen LogP contribution < -0.4 is 4.74 Å². The summed E-state index contributed by atoms with van der Waals surface area (Å²) in [6.45, 7) is 4.25. The number of aryl methyl sites for hydroxylation is 1. The molecule has 3 rings (SSSR count). The number of imidazole rings is 1. The third kappa shape index (κ3) is 12.3. The van der Waals surface area contributed by atoms with Gasteiger partial charge in [-0.05, 0) is 24.1 Å². The van der Waals surface area contributed by atoms with Gasteiger partial charge in [-0.25, -0.2) is 4.98 Å². The van der Waals surface area contributed by atoms with Gasteiger partial charge in [0.15, 0.2) is 0 Å². The van der Waals surface area contributed by atoms with Crippen LogP contribution in [0.15, 0.2) is 67.5 Å². The van der Waals surface area contributed by atoms with E-state index in [1.54, 1.807) is 19.5 Å². The van der Waals surface area contributed by atoms with E-state index in [0.29, 0.717) is 13.2 Å². The molecule has 0 aliphatic rings. The second-order valence-corrected chi connectivity index (χ2v) is 6.89. The molecule has 10 nitrogen and oxygen atoms in total. The smallest absolute Gasteiger partial charge is 0.290 e. The largest absolute Gasteiger partial charge is 0.493 e. The molecule has 1 aromatic carbocycles. The summed E-state index contributed by atoms with van der Waals surface area (Å²) < 4.78 is 13.4. The van der Waals surface area contributed by atoms with Gasteiger partial charge in [0.1, 0.15) is 5.75 Å². The van der Waals surface area contributed by atoms with Crippen molar-refractivity contribution in [2.75, 3.05) is 26.9 Å². The molecule has 0 amide bonds. The number of hydrogen-bond donors (Lipinski definition) is 2. The molecule has 0 atom stereocenters. The lowest BCUT2D eigenvalue weighted by Crippen LogP contribution is -2.27. The minimum Gasteiger partial charge on any atom is -0.493 e. The van der Waals surface area contributed by atoms with E-state index in [-0.39, 0.29) is 12.9 Å². The van der Waals surface area contributed by atoms with Gasteiger partial charge >= 0.3 is 0 Å². The van der Waals surface area contributed by atoms with Crippen molar-refractivity contribution in [2.24, 2.45) is 0 Å². The fourth-order valence-electron chi connectivity index (χ4n) is 3.05. The van der Waals surface area contributed by atoms with E-state index in [1.807, 2.05) is 36.9 Å². The van der Waals surface area contributed by atoms with Crippen LogP contribution in [-0.4, -0.2) is 69.5 Å². The summed E-state index contributed by atoms with van der Waals surface area (Å²) in [5.41, 5.74) is 2.38. The SMILES string of the molecule is COCCN(Cc1cccnc1)Cc1ccccc1OCCCn1ccnc1.O=CO.O=CO. The fourth-order valence-corrected chi connectivity index (χ4v) is 3.05. The van der Waals surface area contributed by atoms with E-state index in [0.717, 1.165) is 38.3 Å². The molecule has 0 aliphatic carbocycles. The summed E-state index contributed by atoms with van der Waals surface area (Å²) in [5.74, 6) is 0.946. The van der Waals surface area contributed by atoms with Crippen LogP contribution in [0.5, 0.6) is 5.75 Å². The third-order valence-electron chi connectivity index (χ3n) is 4.48. The predicted molar refractivity (Wildman–Crippen MR) is 126 cm³/mol. The van der Waals surface area contributed by atoms with Crippen LogP contribution in [0.3, 0.4) is 0 Å². The first-order valence-corrected chi connectivity index (χ1v) is 10.6. The number of pyridine rings is 1. The Morgan fingerprint density at radius 2 is 1.76 bits per heavy atom. The van der Waals surface area contributed by atoms with E-state index >= 15 is 0 Å². The zero-order chi connectivity index (χ0) is 24.9. The highest BCUT2D eigenvalue weighted by Crippen LogP contribution is 2.21. The molecule has 2 heterocycles. The number of nitrogens with zero attached hydrogens (tertiary/aromatic N) is 4. The quantitative estimate of drug-likeness (QED) is 0.302. The molecule has 0 radical (unpaired) electrons. The van der Waals surface area contributed by atoms with Crippen LogP contribution in [0.2, 0.25) is 0 Å². The predicted octanol–water partition coefficient (Wildman–Crippen LogP) is 2.80. The molecule has 0 spiro atoms. The first kappa shape index (κ1) is 28.3. The van der Waals surface area contributed by atoms with Crippen molar-refractivity contribution < 1.29 is 29.3 Å². The molecule has 0 aliphatic heterocycles. The highest BCUT2D eigenvalue weighted by Gasteiger charge is 2.11. The lowest BCUT2D eigenvalue weighted by atomic mass is 10.1. The molecule has 0 unspecified atom stereocenters. The highest BCUT2D eigenvalue weighted by atomic mass is 16.5. The second-order valence-electron chi connectivity index (χ2n) is 6.89. The Hall–Kier alpha value is -3.76. The lowest BCUT2D eigenvalue weighted by molar-refractivity contribution is -0.123. The number of benzene rings is 1. The Morgan fingerprint density at radius 1 is 1.00 bits per heavy atom. The van der Waals surface area contributed by atoms with Gasteiger partial charge in [0.25, 0.3) is 12.9 Å². The average Bonchev–Trinajstić information content (AvgIpc) is 3.37. The summed E-state index contributed by atoms with van der Waals surface area (Å²) in [6, 6.07) is 12.3. The molecule has 10 heteroatoms. The molecule has 184 valence electrons. The molecule has 0 saturated heterocycles. The number of ether oxygens (including phenoxy) is 2. The Bertz CT molecular complexity index is 887. The van der Waals surface area contributed by atoms with Crippen molar-refractivity contribution in [3.8, 4) is 5.75 Å². The standard InChI is InChI=1S/C22H28N4O2.2CH2O2/c1-27-15-13-26(17-20-6-4-9-23-16-20)18-21-7-2-3-8-22(21)28-14-5-11-25-12-10-24-19-25;2*2-1-3/h2-4,6-10,12,16,19H,5,11,13-15,17-18H2,1H3;2*1H,(H,2,3). The molecule has 3 aromatic rings. The van der Waals surface area contributed by atoms with Crippen LogP contribution in [0.4, 0.5) is 0 Å². The van der Waals surface area contributed by atoms with Gasteiger partial charge < -0.3 is 24.3 Å². The number of aromatic nitrogens is 3. The van der Waals surface area contributed by atoms with Crippen molar-refractivity contribution in [2.45, 2.75) is 26.1 Å². The third-order valence-corrected chi connectivity index (χ3v) is 4.48. The number of hydrogen-bond acceptors (Lipinski definition) is 7. The van der Waals surface area contributed by atoms with E-state index in [4.69, 9.17) is 29.3 Å². The average molecular weight is 473 g/mol. The number of carbonyl (C=O) groups is 2. The van der Waals surface area contributed by atoms with Crippen LogP contribution in [0.25, 0.3) is 0 Å². The molecule has 0 fully saturated rings. The summed E-state index contributed by atoms with van der Waals surface area (Å²) >= 11 is 0. The molecule has 34 heavy (non-hydrogen) atoms. The number of carboxylic acid groups (broad SMARTS) is 2. The van der Waals surface area contributed by atoms with E-state index in [2.05, 4.69) is 37.6 Å². The summed E-state index contributed by atoms with van der Waals surface area (Å²) in [6.07, 6.45) is 10.3. The van der Waals surface area contributed by atoms with Gasteiger partial charge in [-0.15, -0.1) is 0 Å². The van der Waals surface area contributed by atoms with Crippen molar-refractivity contribution in [3.05, 3.63) is 78.6 Å². The second kappa shape index (κ2) is 18.8. The maximum absolute atomic E-state index is 8.36. The molecule has 2 aromatic heterocycles. The monoisotopic (exact) mass is 472 g/mol. The van der Waals surface area contributed by atoms with Crippen LogP contribution in [-0.2, 0) is 34.0 Å². The topological polar surface area (TPSA) is 127 Å². The zero-order valence-corrected chi connectivity index (χ0v) is 19.3. The van der Waals surface area contributed by atoms with E-state index < -0.39 is 0 Å². The highest BCUT2D eigenvalue weighted by molar-refractivity contribution is 5.33. The minimum atomic E-state index is -0.250. The van der Waals surface area contributed by atoms with Gasteiger partial charge in [0.2, 0.25) is 0 Å². The van der Waals surface area contributed by atoms with E-state index in [9.17, 15) is 0 Å². The van der Waals surface area contributed by atoms with Gasteiger partial charge in [0, 0.05) is 63.6 Å². The van der Waals surface area contributed by atoms with Gasteiger partial charge in [0.05, 0.1) is 19.5 Å². The molecule has 2 N–H and O–H groups in total. The molecule has 0 bridgehead atoms. The normalized spacial score (nSPS) is 9.82. The van der Waals surface area contributed by atoms with Crippen molar-refractivity contribution >= 4 is 12.9 Å². The van der Waals surface area contributed by atoms with Crippen LogP contribution >= 0.6 is 0 Å². The van der Waals surface area contributed by atoms with Crippen molar-refractivity contribution in [3.63, 3.8) is 0 Å². The first-order valence-electron chi connectivity index (χ1n) is 10.6. The summed E-state index contributed by atoms with van der Waals surface area (Å²) in [5, 5.41) is 13.8. The van der Waals surface area contributed by atoms with Crippen molar-refractivity contribution in [1.82, 2.24) is 19.4 Å². The first-order chi connectivity index (χ1) is 16.7. The fraction of sp³-hybridized carbons (Fsp3) is 0.333. The number of para-hydroxylation sites is 1. The van der Waals surface area contributed by atoms with Crippen LogP contribution in [0.1, 0.15) is 17.5 Å².